The van der Waals surface area contributed by atoms with E-state index in [1.165, 1.54) is 49.8 Å². The molecule has 160 valence electrons. The van der Waals surface area contributed by atoms with Crippen LogP contribution in [0.25, 0.3) is 16.9 Å². The largest absolute Gasteiger partial charge is 0.494 e. The van der Waals surface area contributed by atoms with Gasteiger partial charge in [-0.25, -0.2) is 22.4 Å². The molecule has 0 fully saturated rings. The van der Waals surface area contributed by atoms with E-state index >= 15 is 0 Å². The van der Waals surface area contributed by atoms with E-state index in [1.54, 1.807) is 15.1 Å². The second kappa shape index (κ2) is 8.46. The van der Waals surface area contributed by atoms with Gasteiger partial charge in [-0.2, -0.15) is 0 Å². The maximum atomic E-state index is 14.1. The zero-order chi connectivity index (χ0) is 22.1. The first-order valence-corrected chi connectivity index (χ1v) is 11.6. The lowest BCUT2D eigenvalue weighted by Gasteiger charge is -2.13. The minimum atomic E-state index is -4.50. The van der Waals surface area contributed by atoms with Gasteiger partial charge in [0.25, 0.3) is 0 Å². The number of benzene rings is 2. The van der Waals surface area contributed by atoms with Crippen LogP contribution in [0, 0.1) is 5.82 Å². The first kappa shape index (κ1) is 22.4. The molecule has 2 N–H and O–H groups in total. The SMILES string of the molecule is COc1ccc(-c2c(Cl)ncn2-c2ccc(S(=O)(=O)NP(=O)(O)OC)cc2)cc1F. The predicted molar refractivity (Wildman–Crippen MR) is 108 cm³/mol. The molecule has 1 heterocycles. The average Bonchev–Trinajstić information content (AvgIpc) is 3.08. The summed E-state index contributed by atoms with van der Waals surface area (Å²) in [5.74, 6) is -0.516. The Balaban J connectivity index is 1.99. The first-order chi connectivity index (χ1) is 14.1. The molecule has 0 aliphatic heterocycles. The van der Waals surface area contributed by atoms with Crippen LogP contribution in [0.15, 0.2) is 53.7 Å². The van der Waals surface area contributed by atoms with E-state index in [2.05, 4.69) is 9.51 Å². The minimum Gasteiger partial charge on any atom is -0.494 e. The molecular formula is C17H16ClFN3O6PS. The number of nitrogens with zero attached hydrogens (tertiary/aromatic N) is 2. The average molecular weight is 476 g/mol. The summed E-state index contributed by atoms with van der Waals surface area (Å²) >= 11 is 6.18. The van der Waals surface area contributed by atoms with Crippen LogP contribution < -0.4 is 9.23 Å². The minimum absolute atomic E-state index is 0.0697. The van der Waals surface area contributed by atoms with Gasteiger partial charge >= 0.3 is 7.75 Å². The fraction of sp³-hybridized carbons (Fsp3) is 0.118. The second-order valence-corrected chi connectivity index (χ2v) is 9.87. The maximum Gasteiger partial charge on any atom is 0.416 e. The van der Waals surface area contributed by atoms with Gasteiger partial charge in [-0.05, 0) is 42.5 Å². The molecule has 1 unspecified atom stereocenters. The third-order valence-corrected chi connectivity index (χ3v) is 7.60. The van der Waals surface area contributed by atoms with Gasteiger partial charge in [0.2, 0.25) is 10.0 Å². The van der Waals surface area contributed by atoms with Crippen LogP contribution in [-0.2, 0) is 19.1 Å². The summed E-state index contributed by atoms with van der Waals surface area (Å²) < 4.78 is 62.4. The molecule has 2 aromatic carbocycles. The molecular weight excluding hydrogens is 460 g/mol. The number of aromatic nitrogens is 2. The van der Waals surface area contributed by atoms with Crippen molar-refractivity contribution >= 4 is 29.4 Å². The van der Waals surface area contributed by atoms with Gasteiger partial charge in [0.15, 0.2) is 16.7 Å². The Morgan fingerprint density at radius 2 is 1.87 bits per heavy atom. The van der Waals surface area contributed by atoms with Crippen molar-refractivity contribution in [1.29, 1.82) is 0 Å². The van der Waals surface area contributed by atoms with Gasteiger partial charge in [0.1, 0.15) is 6.33 Å². The molecule has 0 amide bonds. The number of ether oxygens (including phenoxy) is 1. The van der Waals surface area contributed by atoms with Crippen LogP contribution in [0.4, 0.5) is 4.39 Å². The van der Waals surface area contributed by atoms with Crippen LogP contribution in [0.2, 0.25) is 5.15 Å². The molecule has 13 heteroatoms. The van der Waals surface area contributed by atoms with Crippen molar-refractivity contribution in [2.24, 2.45) is 0 Å². The lowest BCUT2D eigenvalue weighted by Crippen LogP contribution is -2.21. The second-order valence-electron chi connectivity index (χ2n) is 5.89. The Bertz CT molecular complexity index is 1230. The third kappa shape index (κ3) is 4.56. The first-order valence-electron chi connectivity index (χ1n) is 8.18. The molecule has 0 aliphatic carbocycles. The molecule has 0 bridgehead atoms. The van der Waals surface area contributed by atoms with Crippen molar-refractivity contribution in [3.8, 4) is 22.7 Å². The van der Waals surface area contributed by atoms with E-state index in [4.69, 9.17) is 16.3 Å². The van der Waals surface area contributed by atoms with Crippen LogP contribution in [0.5, 0.6) is 5.75 Å². The van der Waals surface area contributed by atoms with Gasteiger partial charge < -0.3 is 9.63 Å². The van der Waals surface area contributed by atoms with Gasteiger partial charge in [0, 0.05) is 18.4 Å². The van der Waals surface area contributed by atoms with Crippen molar-refractivity contribution < 1.29 is 31.5 Å². The van der Waals surface area contributed by atoms with Crippen LogP contribution in [-0.4, -0.2) is 37.1 Å². The van der Waals surface area contributed by atoms with Crippen molar-refractivity contribution in [1.82, 2.24) is 14.0 Å². The highest BCUT2D eigenvalue weighted by molar-refractivity contribution is 7.94. The molecule has 0 saturated carbocycles. The highest BCUT2D eigenvalue weighted by atomic mass is 35.5. The smallest absolute Gasteiger partial charge is 0.416 e. The van der Waals surface area contributed by atoms with E-state index in [0.717, 1.165) is 7.11 Å². The van der Waals surface area contributed by atoms with Crippen LogP contribution >= 0.6 is 19.3 Å². The molecule has 9 nitrogen and oxygen atoms in total. The highest BCUT2D eigenvalue weighted by Crippen LogP contribution is 2.38. The molecule has 0 saturated heterocycles. The van der Waals surface area contributed by atoms with Gasteiger partial charge in [0.05, 0.1) is 17.7 Å². The van der Waals surface area contributed by atoms with Gasteiger partial charge in [-0.3, -0.25) is 9.09 Å². The van der Waals surface area contributed by atoms with Gasteiger partial charge in [-0.15, -0.1) is 4.49 Å². The van der Waals surface area contributed by atoms with Gasteiger partial charge in [-0.1, -0.05) is 11.6 Å². The predicted octanol–water partition coefficient (Wildman–Crippen LogP) is 3.37. The molecule has 0 spiro atoms. The van der Waals surface area contributed by atoms with Crippen molar-refractivity contribution in [3.63, 3.8) is 0 Å². The number of imidazole rings is 1. The molecule has 3 rings (SSSR count). The molecule has 0 radical (unpaired) electrons. The Morgan fingerprint density at radius 3 is 2.43 bits per heavy atom. The lowest BCUT2D eigenvalue weighted by molar-refractivity contribution is 0.311. The summed E-state index contributed by atoms with van der Waals surface area (Å²) in [6.45, 7) is 0. The van der Waals surface area contributed by atoms with Crippen molar-refractivity contribution in [3.05, 3.63) is 59.8 Å². The Kier molecular flexibility index (Phi) is 6.32. The number of rotatable bonds is 7. The number of hydrogen-bond donors (Lipinski definition) is 2. The Morgan fingerprint density at radius 1 is 1.20 bits per heavy atom. The molecule has 1 atom stereocenters. The number of sulfonamides is 1. The van der Waals surface area contributed by atoms with Crippen molar-refractivity contribution in [2.75, 3.05) is 14.2 Å². The number of hydrogen-bond acceptors (Lipinski definition) is 6. The molecule has 30 heavy (non-hydrogen) atoms. The molecule has 1 aromatic heterocycles. The van der Waals surface area contributed by atoms with E-state index in [-0.39, 0.29) is 15.8 Å². The van der Waals surface area contributed by atoms with E-state index in [9.17, 15) is 22.3 Å². The summed E-state index contributed by atoms with van der Waals surface area (Å²) in [7, 11) is -6.55. The van der Waals surface area contributed by atoms with E-state index in [1.807, 2.05) is 0 Å². The highest BCUT2D eigenvalue weighted by Gasteiger charge is 2.27. The standard InChI is InChI=1S/C17H16ClFN3O6PS/c1-27-15-8-3-11(9-14(15)19)16-17(18)20-10-22(16)12-4-6-13(7-5-12)30(25,26)21-29(23,24)28-2/h3-10H,1-2H3,(H2,21,23,24). The van der Waals surface area contributed by atoms with Crippen LogP contribution in [0.3, 0.4) is 0 Å². The quantitative estimate of drug-likeness (QED) is 0.503. The normalized spacial score (nSPS) is 13.8. The summed E-state index contributed by atoms with van der Waals surface area (Å²) in [4.78, 5) is 13.1. The maximum absolute atomic E-state index is 14.1. The van der Waals surface area contributed by atoms with Crippen molar-refractivity contribution in [2.45, 2.75) is 4.90 Å². The molecule has 3 aromatic rings. The number of methoxy groups -OCH3 is 1. The van der Waals surface area contributed by atoms with Crippen LogP contribution in [0.1, 0.15) is 0 Å². The summed E-state index contributed by atoms with van der Waals surface area (Å²) in [6.07, 6.45) is 1.40. The monoisotopic (exact) mass is 475 g/mol. The third-order valence-electron chi connectivity index (χ3n) is 4.06. The Hall–Kier alpha value is -2.27. The number of halogens is 2. The summed E-state index contributed by atoms with van der Waals surface area (Å²) in [5.41, 5.74) is 1.28. The number of nitrogens with one attached hydrogen (secondary N) is 1. The fourth-order valence-corrected chi connectivity index (χ4v) is 5.30. The van der Waals surface area contributed by atoms with E-state index < -0.39 is 23.6 Å². The topological polar surface area (TPSA) is 120 Å². The molecule has 0 aliphatic rings. The summed E-state index contributed by atoms with van der Waals surface area (Å²) in [5, 5.41) is 0.110. The fourth-order valence-electron chi connectivity index (χ4n) is 2.62. The van der Waals surface area contributed by atoms with E-state index in [0.29, 0.717) is 16.9 Å². The zero-order valence-electron chi connectivity index (χ0n) is 15.6. The zero-order valence-corrected chi connectivity index (χ0v) is 18.1. The Labute approximate surface area is 176 Å². The summed E-state index contributed by atoms with van der Waals surface area (Å²) in [6, 6.07) is 9.61. The lowest BCUT2D eigenvalue weighted by atomic mass is 10.1.